The SMILES string of the molecule is [N-]=[N+]=NCc1cc(-c2cccc(Br)c2)no1. The Hall–Kier alpha value is -1.78. The molecule has 0 saturated carbocycles. The molecule has 5 nitrogen and oxygen atoms in total. The Labute approximate surface area is 99.8 Å². The van der Waals surface area contributed by atoms with Gasteiger partial charge in [-0.05, 0) is 17.7 Å². The number of hydrogen-bond donors (Lipinski definition) is 0. The van der Waals surface area contributed by atoms with Crippen LogP contribution in [-0.4, -0.2) is 5.16 Å². The average molecular weight is 279 g/mol. The topological polar surface area (TPSA) is 74.8 Å². The largest absolute Gasteiger partial charge is 0.361 e. The van der Waals surface area contributed by atoms with Crippen LogP contribution in [0.25, 0.3) is 21.7 Å². The molecule has 1 aromatic carbocycles. The summed E-state index contributed by atoms with van der Waals surface area (Å²) >= 11 is 3.38. The van der Waals surface area contributed by atoms with Crippen LogP contribution in [-0.2, 0) is 6.54 Å². The van der Waals surface area contributed by atoms with Crippen LogP contribution in [0.4, 0.5) is 0 Å². The standard InChI is InChI=1S/C10H7BrN4O/c11-8-3-1-2-7(4-8)10-5-9(16-14-10)6-13-15-12/h1-5H,6H2. The second kappa shape index (κ2) is 4.83. The maximum Gasteiger partial charge on any atom is 0.143 e. The third kappa shape index (κ3) is 2.42. The molecule has 0 N–H and O–H groups in total. The van der Waals surface area contributed by atoms with E-state index in [1.165, 1.54) is 0 Å². The number of nitrogens with zero attached hydrogens (tertiary/aromatic N) is 4. The molecule has 0 fully saturated rings. The van der Waals surface area contributed by atoms with Crippen molar-refractivity contribution in [3.63, 3.8) is 0 Å². The Bertz CT molecular complexity index is 545. The Morgan fingerprint density at radius 3 is 3.06 bits per heavy atom. The highest BCUT2D eigenvalue weighted by Crippen LogP contribution is 2.22. The van der Waals surface area contributed by atoms with Crippen LogP contribution < -0.4 is 0 Å². The lowest BCUT2D eigenvalue weighted by atomic mass is 10.1. The van der Waals surface area contributed by atoms with Gasteiger partial charge in [0.1, 0.15) is 11.5 Å². The molecular weight excluding hydrogens is 272 g/mol. The average Bonchev–Trinajstić information content (AvgIpc) is 2.75. The van der Waals surface area contributed by atoms with Crippen LogP contribution in [0.5, 0.6) is 0 Å². The number of azide groups is 1. The molecule has 0 saturated heterocycles. The molecule has 0 bridgehead atoms. The first-order chi connectivity index (χ1) is 7.79. The molecule has 80 valence electrons. The van der Waals surface area contributed by atoms with Gasteiger partial charge in [-0.3, -0.25) is 0 Å². The summed E-state index contributed by atoms with van der Waals surface area (Å²) in [5.74, 6) is 0.549. The zero-order valence-electron chi connectivity index (χ0n) is 8.17. The molecule has 0 unspecified atom stereocenters. The van der Waals surface area contributed by atoms with Gasteiger partial charge in [-0.1, -0.05) is 38.3 Å². The monoisotopic (exact) mass is 278 g/mol. The van der Waals surface area contributed by atoms with Crippen LogP contribution in [0.1, 0.15) is 5.76 Å². The van der Waals surface area contributed by atoms with E-state index in [1.54, 1.807) is 6.07 Å². The van der Waals surface area contributed by atoms with Crippen molar-refractivity contribution in [2.75, 3.05) is 0 Å². The first kappa shape index (κ1) is 10.7. The number of benzene rings is 1. The summed E-state index contributed by atoms with van der Waals surface area (Å²) in [6, 6.07) is 9.48. The predicted octanol–water partition coefficient (Wildman–Crippen LogP) is 3.91. The van der Waals surface area contributed by atoms with Gasteiger partial charge in [0.2, 0.25) is 0 Å². The number of halogens is 1. The van der Waals surface area contributed by atoms with Gasteiger partial charge in [-0.2, -0.15) is 0 Å². The summed E-state index contributed by atoms with van der Waals surface area (Å²) in [5, 5.41) is 7.31. The Morgan fingerprint density at radius 2 is 2.31 bits per heavy atom. The van der Waals surface area contributed by atoms with Crippen molar-refractivity contribution in [2.45, 2.75) is 6.54 Å². The van der Waals surface area contributed by atoms with Gasteiger partial charge < -0.3 is 4.52 Å². The Kier molecular flexibility index (Phi) is 3.24. The van der Waals surface area contributed by atoms with Gasteiger partial charge in [-0.25, -0.2) is 0 Å². The minimum absolute atomic E-state index is 0.178. The molecule has 0 radical (unpaired) electrons. The fourth-order valence-corrected chi connectivity index (χ4v) is 1.67. The van der Waals surface area contributed by atoms with Crippen molar-refractivity contribution >= 4 is 15.9 Å². The molecule has 2 rings (SSSR count). The molecular formula is C10H7BrN4O. The van der Waals surface area contributed by atoms with Gasteiger partial charge in [0, 0.05) is 21.0 Å². The van der Waals surface area contributed by atoms with E-state index in [9.17, 15) is 0 Å². The van der Waals surface area contributed by atoms with E-state index in [0.717, 1.165) is 15.7 Å². The molecule has 0 atom stereocenters. The zero-order chi connectivity index (χ0) is 11.4. The number of hydrogen-bond acceptors (Lipinski definition) is 3. The lowest BCUT2D eigenvalue weighted by Gasteiger charge is -1.94. The van der Waals surface area contributed by atoms with Crippen LogP contribution >= 0.6 is 15.9 Å². The first-order valence-electron chi connectivity index (χ1n) is 4.52. The summed E-state index contributed by atoms with van der Waals surface area (Å²) in [5.41, 5.74) is 9.85. The molecule has 16 heavy (non-hydrogen) atoms. The summed E-state index contributed by atoms with van der Waals surface area (Å²) in [7, 11) is 0. The number of rotatable bonds is 3. The first-order valence-corrected chi connectivity index (χ1v) is 5.31. The van der Waals surface area contributed by atoms with Gasteiger partial charge in [-0.15, -0.1) is 0 Å². The summed E-state index contributed by atoms with van der Waals surface area (Å²) in [6.07, 6.45) is 0. The van der Waals surface area contributed by atoms with Crippen LogP contribution in [0.3, 0.4) is 0 Å². The minimum atomic E-state index is 0.178. The molecule has 1 aromatic heterocycles. The summed E-state index contributed by atoms with van der Waals surface area (Å²) in [4.78, 5) is 2.66. The highest BCUT2D eigenvalue weighted by Gasteiger charge is 2.05. The molecule has 0 spiro atoms. The molecule has 0 aliphatic rings. The fraction of sp³-hybridized carbons (Fsp3) is 0.100. The smallest absolute Gasteiger partial charge is 0.143 e. The van der Waals surface area contributed by atoms with Crippen molar-refractivity contribution in [3.8, 4) is 11.3 Å². The van der Waals surface area contributed by atoms with Gasteiger partial charge in [0.15, 0.2) is 0 Å². The van der Waals surface area contributed by atoms with E-state index >= 15 is 0 Å². The van der Waals surface area contributed by atoms with Crippen molar-refractivity contribution in [1.29, 1.82) is 0 Å². The summed E-state index contributed by atoms with van der Waals surface area (Å²) < 4.78 is 6.01. The van der Waals surface area contributed by atoms with E-state index in [1.807, 2.05) is 24.3 Å². The predicted molar refractivity (Wildman–Crippen MR) is 62.5 cm³/mol. The summed E-state index contributed by atoms with van der Waals surface area (Å²) in [6.45, 7) is 0.178. The van der Waals surface area contributed by atoms with Crippen LogP contribution in [0, 0.1) is 0 Å². The molecule has 0 aliphatic heterocycles. The molecule has 1 heterocycles. The highest BCUT2D eigenvalue weighted by molar-refractivity contribution is 9.10. The highest BCUT2D eigenvalue weighted by atomic mass is 79.9. The van der Waals surface area contributed by atoms with Crippen molar-refractivity contribution in [3.05, 3.63) is 51.0 Å². The zero-order valence-corrected chi connectivity index (χ0v) is 9.75. The van der Waals surface area contributed by atoms with Crippen molar-refractivity contribution in [1.82, 2.24) is 5.16 Å². The van der Waals surface area contributed by atoms with Gasteiger partial charge in [0.25, 0.3) is 0 Å². The maximum absolute atomic E-state index is 8.18. The quantitative estimate of drug-likeness (QED) is 0.485. The number of aromatic nitrogens is 1. The van der Waals surface area contributed by atoms with E-state index in [0.29, 0.717) is 5.76 Å². The maximum atomic E-state index is 8.18. The minimum Gasteiger partial charge on any atom is -0.361 e. The van der Waals surface area contributed by atoms with E-state index < -0.39 is 0 Å². The van der Waals surface area contributed by atoms with Gasteiger partial charge in [0.05, 0.1) is 6.54 Å². The van der Waals surface area contributed by atoms with Crippen LogP contribution in [0.15, 0.2) is 44.4 Å². The lowest BCUT2D eigenvalue weighted by Crippen LogP contribution is -1.76. The van der Waals surface area contributed by atoms with Crippen LogP contribution in [0.2, 0.25) is 0 Å². The Morgan fingerprint density at radius 1 is 1.44 bits per heavy atom. The van der Waals surface area contributed by atoms with E-state index in [-0.39, 0.29) is 6.54 Å². The second-order valence-electron chi connectivity index (χ2n) is 3.08. The van der Waals surface area contributed by atoms with Crippen molar-refractivity contribution in [2.24, 2.45) is 5.11 Å². The molecule has 2 aromatic rings. The molecule has 0 aliphatic carbocycles. The fourth-order valence-electron chi connectivity index (χ4n) is 1.27. The van der Waals surface area contributed by atoms with E-state index in [2.05, 4.69) is 31.1 Å². The second-order valence-corrected chi connectivity index (χ2v) is 3.99. The van der Waals surface area contributed by atoms with Gasteiger partial charge >= 0.3 is 0 Å². The third-order valence-electron chi connectivity index (χ3n) is 1.97. The normalized spacial score (nSPS) is 9.81. The Balaban J connectivity index is 2.27. The molecule has 0 amide bonds. The lowest BCUT2D eigenvalue weighted by molar-refractivity contribution is 0.387. The van der Waals surface area contributed by atoms with E-state index in [4.69, 9.17) is 10.1 Å². The third-order valence-corrected chi connectivity index (χ3v) is 2.46. The molecule has 6 heteroatoms. The van der Waals surface area contributed by atoms with Crippen molar-refractivity contribution < 1.29 is 4.52 Å².